The van der Waals surface area contributed by atoms with Gasteiger partial charge >= 0.3 is 0 Å². The first-order valence-corrected chi connectivity index (χ1v) is 6.97. The molecular formula is C18H19N. The zero-order chi connectivity index (χ0) is 13.2. The third kappa shape index (κ3) is 2.46. The average molecular weight is 249 g/mol. The molecular weight excluding hydrogens is 230 g/mol. The van der Waals surface area contributed by atoms with Crippen LogP contribution >= 0.6 is 0 Å². The van der Waals surface area contributed by atoms with E-state index < -0.39 is 0 Å². The molecule has 0 atom stereocenters. The molecule has 0 saturated heterocycles. The van der Waals surface area contributed by atoms with Crippen LogP contribution in [0.4, 0.5) is 0 Å². The van der Waals surface area contributed by atoms with E-state index in [1.54, 1.807) is 0 Å². The molecule has 1 heterocycles. The lowest BCUT2D eigenvalue weighted by Gasteiger charge is -2.12. The number of hydrogen-bond acceptors (Lipinski definition) is 1. The van der Waals surface area contributed by atoms with Crippen LogP contribution in [-0.2, 0) is 6.42 Å². The van der Waals surface area contributed by atoms with Gasteiger partial charge in [0.1, 0.15) is 0 Å². The van der Waals surface area contributed by atoms with E-state index in [9.17, 15) is 0 Å². The first-order valence-electron chi connectivity index (χ1n) is 6.97. The fourth-order valence-corrected chi connectivity index (χ4v) is 2.74. The first-order chi connectivity index (χ1) is 9.24. The molecule has 1 aromatic carbocycles. The number of fused-ring (bicyclic) bond motifs is 1. The molecule has 0 fully saturated rings. The fourth-order valence-electron chi connectivity index (χ4n) is 2.74. The molecule has 0 radical (unpaired) electrons. The quantitative estimate of drug-likeness (QED) is 0.726. The Balaban J connectivity index is 2.11. The first kappa shape index (κ1) is 12.2. The lowest BCUT2D eigenvalue weighted by Crippen LogP contribution is -1.95. The van der Waals surface area contributed by atoms with Crippen molar-refractivity contribution in [2.45, 2.75) is 33.1 Å². The highest BCUT2D eigenvalue weighted by Gasteiger charge is 2.13. The molecule has 0 aliphatic heterocycles. The summed E-state index contributed by atoms with van der Waals surface area (Å²) in [6, 6.07) is 11.1. The second-order valence-electron chi connectivity index (χ2n) is 5.36. The Morgan fingerprint density at radius 1 is 1.05 bits per heavy atom. The number of rotatable bonds is 1. The molecule has 1 nitrogen and oxygen atoms in total. The normalized spacial score (nSPS) is 14.5. The average Bonchev–Trinajstić information content (AvgIpc) is 2.61. The third-order valence-electron chi connectivity index (χ3n) is 3.77. The molecule has 1 aromatic heterocycles. The number of nitrogens with zero attached hydrogens (tertiary/aromatic N) is 1. The molecule has 2 aromatic rings. The topological polar surface area (TPSA) is 12.9 Å². The standard InChI is InChI=1S/C18H19N/c1-13-7-10-18-15(11-13)5-3-4-6-17(18)16-9-8-14(2)19-12-16/h6-12H,3-5H2,1-2H3. The second kappa shape index (κ2) is 5.00. The SMILES string of the molecule is Cc1ccc2c(c1)CCCC=C2c1ccc(C)nc1. The van der Waals surface area contributed by atoms with Crippen LogP contribution in [0.2, 0.25) is 0 Å². The van der Waals surface area contributed by atoms with E-state index in [0.717, 1.165) is 12.1 Å². The van der Waals surface area contributed by atoms with Gasteiger partial charge in [0.25, 0.3) is 0 Å². The molecule has 0 bridgehead atoms. The number of aromatic nitrogens is 1. The highest BCUT2D eigenvalue weighted by molar-refractivity contribution is 5.81. The van der Waals surface area contributed by atoms with Crippen molar-refractivity contribution in [3.63, 3.8) is 0 Å². The predicted molar refractivity (Wildman–Crippen MR) is 80.2 cm³/mol. The number of pyridine rings is 1. The largest absolute Gasteiger partial charge is 0.261 e. The molecule has 3 rings (SSSR count). The van der Waals surface area contributed by atoms with E-state index in [0.29, 0.717) is 0 Å². The summed E-state index contributed by atoms with van der Waals surface area (Å²) < 4.78 is 0. The highest BCUT2D eigenvalue weighted by atomic mass is 14.7. The van der Waals surface area contributed by atoms with Crippen LogP contribution in [0.3, 0.4) is 0 Å². The number of hydrogen-bond donors (Lipinski definition) is 0. The van der Waals surface area contributed by atoms with Crippen LogP contribution in [-0.4, -0.2) is 4.98 Å². The minimum atomic E-state index is 1.07. The van der Waals surface area contributed by atoms with Gasteiger partial charge in [-0.15, -0.1) is 0 Å². The van der Waals surface area contributed by atoms with E-state index in [1.165, 1.54) is 40.7 Å². The summed E-state index contributed by atoms with van der Waals surface area (Å²) in [6.45, 7) is 4.20. The van der Waals surface area contributed by atoms with Gasteiger partial charge in [-0.1, -0.05) is 35.9 Å². The van der Waals surface area contributed by atoms with Crippen molar-refractivity contribution in [3.8, 4) is 0 Å². The van der Waals surface area contributed by atoms with E-state index in [4.69, 9.17) is 0 Å². The number of allylic oxidation sites excluding steroid dienone is 1. The summed E-state index contributed by atoms with van der Waals surface area (Å²) in [5.74, 6) is 0. The molecule has 0 N–H and O–H groups in total. The Morgan fingerprint density at radius 2 is 1.95 bits per heavy atom. The molecule has 1 aliphatic rings. The van der Waals surface area contributed by atoms with Gasteiger partial charge in [-0.25, -0.2) is 0 Å². The van der Waals surface area contributed by atoms with Crippen molar-refractivity contribution in [1.82, 2.24) is 4.98 Å². The van der Waals surface area contributed by atoms with Crippen molar-refractivity contribution in [2.75, 3.05) is 0 Å². The summed E-state index contributed by atoms with van der Waals surface area (Å²) in [6.07, 6.45) is 7.93. The van der Waals surface area contributed by atoms with Gasteiger partial charge in [0.2, 0.25) is 0 Å². The minimum absolute atomic E-state index is 1.07. The minimum Gasteiger partial charge on any atom is -0.261 e. The molecule has 19 heavy (non-hydrogen) atoms. The summed E-state index contributed by atoms with van der Waals surface area (Å²) in [4.78, 5) is 4.43. The van der Waals surface area contributed by atoms with Gasteiger partial charge in [0, 0.05) is 17.5 Å². The highest BCUT2D eigenvalue weighted by Crippen LogP contribution is 2.31. The zero-order valence-electron chi connectivity index (χ0n) is 11.6. The predicted octanol–water partition coefficient (Wildman–Crippen LogP) is 4.47. The van der Waals surface area contributed by atoms with Gasteiger partial charge in [0.05, 0.1) is 0 Å². The maximum Gasteiger partial charge on any atom is 0.0373 e. The maximum atomic E-state index is 4.43. The van der Waals surface area contributed by atoms with Gasteiger partial charge in [-0.3, -0.25) is 4.98 Å². The summed E-state index contributed by atoms with van der Waals surface area (Å²) in [5, 5.41) is 0. The lowest BCUT2D eigenvalue weighted by atomic mass is 9.93. The molecule has 0 unspecified atom stereocenters. The van der Waals surface area contributed by atoms with Crippen LogP contribution in [0.1, 0.15) is 40.8 Å². The van der Waals surface area contributed by atoms with Gasteiger partial charge < -0.3 is 0 Å². The second-order valence-corrected chi connectivity index (χ2v) is 5.36. The van der Waals surface area contributed by atoms with Crippen molar-refractivity contribution in [1.29, 1.82) is 0 Å². The monoisotopic (exact) mass is 249 g/mol. The molecule has 0 spiro atoms. The smallest absolute Gasteiger partial charge is 0.0373 e. The Hall–Kier alpha value is -1.89. The fraction of sp³-hybridized carbons (Fsp3) is 0.278. The van der Waals surface area contributed by atoms with Crippen molar-refractivity contribution in [3.05, 3.63) is 70.6 Å². The molecule has 96 valence electrons. The van der Waals surface area contributed by atoms with Crippen molar-refractivity contribution in [2.24, 2.45) is 0 Å². The Labute approximate surface area is 115 Å². The van der Waals surface area contributed by atoms with Gasteiger partial charge in [-0.05, 0) is 55.9 Å². The van der Waals surface area contributed by atoms with Crippen LogP contribution in [0.15, 0.2) is 42.6 Å². The molecule has 0 saturated carbocycles. The van der Waals surface area contributed by atoms with E-state index in [1.807, 2.05) is 13.1 Å². The van der Waals surface area contributed by atoms with E-state index >= 15 is 0 Å². The molecule has 0 amide bonds. The van der Waals surface area contributed by atoms with Crippen LogP contribution in [0.5, 0.6) is 0 Å². The third-order valence-corrected chi connectivity index (χ3v) is 3.77. The maximum absolute atomic E-state index is 4.43. The Morgan fingerprint density at radius 3 is 2.74 bits per heavy atom. The van der Waals surface area contributed by atoms with Crippen LogP contribution in [0.25, 0.3) is 5.57 Å². The number of aryl methyl sites for hydroxylation is 3. The zero-order valence-corrected chi connectivity index (χ0v) is 11.6. The molecule has 1 aliphatic carbocycles. The van der Waals surface area contributed by atoms with E-state index in [2.05, 4.69) is 48.3 Å². The van der Waals surface area contributed by atoms with Crippen LogP contribution in [0, 0.1) is 13.8 Å². The summed E-state index contributed by atoms with van der Waals surface area (Å²) in [7, 11) is 0. The van der Waals surface area contributed by atoms with Crippen LogP contribution < -0.4 is 0 Å². The lowest BCUT2D eigenvalue weighted by molar-refractivity contribution is 0.850. The van der Waals surface area contributed by atoms with Crippen molar-refractivity contribution < 1.29 is 0 Å². The summed E-state index contributed by atoms with van der Waals surface area (Å²) in [5.41, 5.74) is 7.86. The summed E-state index contributed by atoms with van der Waals surface area (Å²) >= 11 is 0. The van der Waals surface area contributed by atoms with Gasteiger partial charge in [0.15, 0.2) is 0 Å². The van der Waals surface area contributed by atoms with E-state index in [-0.39, 0.29) is 0 Å². The Kier molecular flexibility index (Phi) is 3.20. The molecule has 1 heteroatoms. The Bertz CT molecular complexity index is 621. The number of benzene rings is 1. The van der Waals surface area contributed by atoms with Crippen molar-refractivity contribution >= 4 is 5.57 Å². The van der Waals surface area contributed by atoms with Gasteiger partial charge in [-0.2, -0.15) is 0 Å².